The van der Waals surface area contributed by atoms with Crippen LogP contribution >= 0.6 is 0 Å². The lowest BCUT2D eigenvalue weighted by atomic mass is 10.0. The van der Waals surface area contributed by atoms with E-state index >= 15 is 0 Å². The van der Waals surface area contributed by atoms with Crippen molar-refractivity contribution in [2.24, 2.45) is 0 Å². The van der Waals surface area contributed by atoms with E-state index in [9.17, 15) is 8.42 Å². The van der Waals surface area contributed by atoms with Crippen molar-refractivity contribution in [3.8, 4) is 0 Å². The Morgan fingerprint density at radius 1 is 1.24 bits per heavy atom. The molecule has 2 N–H and O–H groups in total. The number of sulfonamides is 1. The molecule has 7 heteroatoms. The van der Waals surface area contributed by atoms with E-state index in [2.05, 4.69) is 9.97 Å². The van der Waals surface area contributed by atoms with Crippen molar-refractivity contribution in [2.45, 2.75) is 24.7 Å². The molecule has 110 valence electrons. The van der Waals surface area contributed by atoms with Gasteiger partial charge in [-0.1, -0.05) is 17.7 Å². The van der Waals surface area contributed by atoms with E-state index in [1.54, 1.807) is 0 Å². The van der Waals surface area contributed by atoms with Crippen LogP contribution in [0.5, 0.6) is 0 Å². The molecule has 0 spiro atoms. The Hall–Kier alpha value is -2.15. The van der Waals surface area contributed by atoms with Gasteiger partial charge in [0.05, 0.1) is 18.1 Å². The molecule has 3 rings (SSSR count). The van der Waals surface area contributed by atoms with Crippen molar-refractivity contribution < 1.29 is 8.42 Å². The van der Waals surface area contributed by atoms with Gasteiger partial charge < -0.3 is 5.73 Å². The average Bonchev–Trinajstić information content (AvgIpc) is 2.46. The number of nitrogen functional groups attached to an aromatic ring is 1. The van der Waals surface area contributed by atoms with Crippen molar-refractivity contribution >= 4 is 21.7 Å². The lowest BCUT2D eigenvalue weighted by Gasteiger charge is -2.30. The molecule has 6 nitrogen and oxygen atoms in total. The first-order chi connectivity index (χ1) is 9.98. The van der Waals surface area contributed by atoms with Crippen molar-refractivity contribution in [3.63, 3.8) is 0 Å². The van der Waals surface area contributed by atoms with Crippen LogP contribution < -0.4 is 10.0 Å². The summed E-state index contributed by atoms with van der Waals surface area (Å²) >= 11 is 0. The van der Waals surface area contributed by atoms with Gasteiger partial charge in [0.15, 0.2) is 0 Å². The molecule has 0 atom stereocenters. The number of benzene rings is 1. The number of fused-ring (bicyclic) bond motifs is 1. The first kappa shape index (κ1) is 13.8. The first-order valence-electron chi connectivity index (χ1n) is 6.68. The molecule has 0 saturated heterocycles. The largest absolute Gasteiger partial charge is 0.368 e. The van der Waals surface area contributed by atoms with E-state index < -0.39 is 10.0 Å². The first-order valence-corrected chi connectivity index (χ1v) is 8.12. The highest BCUT2D eigenvalue weighted by atomic mass is 32.2. The average molecular weight is 304 g/mol. The molecule has 0 bridgehead atoms. The fourth-order valence-electron chi connectivity index (χ4n) is 2.53. The minimum Gasteiger partial charge on any atom is -0.368 e. The minimum atomic E-state index is -3.65. The van der Waals surface area contributed by atoms with E-state index in [1.807, 2.05) is 25.1 Å². The number of aromatic nitrogens is 2. The van der Waals surface area contributed by atoms with Crippen LogP contribution in [0.25, 0.3) is 0 Å². The van der Waals surface area contributed by atoms with E-state index in [1.165, 1.54) is 16.7 Å². The Morgan fingerprint density at radius 2 is 1.95 bits per heavy atom. The second-order valence-electron chi connectivity index (χ2n) is 5.09. The van der Waals surface area contributed by atoms with E-state index in [-0.39, 0.29) is 10.8 Å². The number of hydrogen-bond donors (Lipinski definition) is 1. The van der Waals surface area contributed by atoms with Crippen LogP contribution in [0.2, 0.25) is 0 Å². The van der Waals surface area contributed by atoms with Gasteiger partial charge in [-0.05, 0) is 31.4 Å². The predicted octanol–water partition coefficient (Wildman–Crippen LogP) is 1.51. The van der Waals surface area contributed by atoms with Crippen LogP contribution in [0, 0.1) is 6.92 Å². The van der Waals surface area contributed by atoms with Gasteiger partial charge in [-0.15, -0.1) is 0 Å². The van der Waals surface area contributed by atoms with Gasteiger partial charge in [-0.2, -0.15) is 0 Å². The number of nitrogens with two attached hydrogens (primary N) is 1. The summed E-state index contributed by atoms with van der Waals surface area (Å²) in [4.78, 5) is 7.60. The summed E-state index contributed by atoms with van der Waals surface area (Å²) < 4.78 is 26.9. The van der Waals surface area contributed by atoms with Crippen LogP contribution in [-0.4, -0.2) is 24.9 Å². The quantitative estimate of drug-likeness (QED) is 0.908. The normalized spacial score (nSPS) is 14.8. The summed E-state index contributed by atoms with van der Waals surface area (Å²) in [6.07, 6.45) is 4.19. The second kappa shape index (κ2) is 5.00. The molecule has 1 aliphatic heterocycles. The number of rotatable bonds is 2. The topological polar surface area (TPSA) is 89.2 Å². The molecule has 0 unspecified atom stereocenters. The Balaban J connectivity index is 2.07. The standard InChI is InChI=1S/C14H16N4O2S/c1-10-4-5-13-11(7-10)3-2-6-18(13)21(19,20)12-8-16-14(15)17-9-12/h4-5,7-9H,2-3,6H2,1H3,(H2,15,16,17). The SMILES string of the molecule is Cc1ccc2c(c1)CCCN2S(=O)(=O)c1cnc(N)nc1. The number of nitrogens with zero attached hydrogens (tertiary/aromatic N) is 3. The molecule has 0 radical (unpaired) electrons. The third-order valence-electron chi connectivity index (χ3n) is 3.55. The number of hydrogen-bond acceptors (Lipinski definition) is 5. The Kier molecular flexibility index (Phi) is 3.29. The monoisotopic (exact) mass is 304 g/mol. The number of aryl methyl sites for hydroxylation is 2. The van der Waals surface area contributed by atoms with Crippen molar-refractivity contribution in [3.05, 3.63) is 41.7 Å². The molecule has 2 heterocycles. The van der Waals surface area contributed by atoms with Crippen LogP contribution in [0.3, 0.4) is 0 Å². The fraction of sp³-hybridized carbons (Fsp3) is 0.286. The maximum atomic E-state index is 12.8. The zero-order chi connectivity index (χ0) is 15.0. The van der Waals surface area contributed by atoms with Gasteiger partial charge in [-0.25, -0.2) is 18.4 Å². The molecule has 1 aromatic heterocycles. The van der Waals surface area contributed by atoms with Gasteiger partial charge in [0.1, 0.15) is 4.90 Å². The lowest BCUT2D eigenvalue weighted by molar-refractivity contribution is 0.585. The molecule has 0 fully saturated rings. The van der Waals surface area contributed by atoms with Gasteiger partial charge in [0, 0.05) is 6.54 Å². The summed E-state index contributed by atoms with van der Waals surface area (Å²) in [6.45, 7) is 2.46. The van der Waals surface area contributed by atoms with Gasteiger partial charge in [0.25, 0.3) is 10.0 Å². The molecule has 2 aromatic rings. The maximum absolute atomic E-state index is 12.8. The minimum absolute atomic E-state index is 0.0589. The zero-order valence-corrected chi connectivity index (χ0v) is 12.5. The Labute approximate surface area is 123 Å². The highest BCUT2D eigenvalue weighted by molar-refractivity contribution is 7.92. The maximum Gasteiger partial charge on any atom is 0.267 e. The zero-order valence-electron chi connectivity index (χ0n) is 11.7. The molecule has 0 amide bonds. The van der Waals surface area contributed by atoms with Crippen molar-refractivity contribution in [1.29, 1.82) is 0 Å². The lowest BCUT2D eigenvalue weighted by Crippen LogP contribution is -2.35. The molecule has 0 aliphatic carbocycles. The van der Waals surface area contributed by atoms with Crippen LogP contribution in [0.1, 0.15) is 17.5 Å². The molecule has 1 aliphatic rings. The highest BCUT2D eigenvalue weighted by Gasteiger charge is 2.29. The van der Waals surface area contributed by atoms with Gasteiger partial charge in [-0.3, -0.25) is 4.31 Å². The van der Waals surface area contributed by atoms with Crippen LogP contribution in [0.4, 0.5) is 11.6 Å². The Morgan fingerprint density at radius 3 is 2.67 bits per heavy atom. The van der Waals surface area contributed by atoms with Crippen LogP contribution in [-0.2, 0) is 16.4 Å². The second-order valence-corrected chi connectivity index (χ2v) is 6.95. The smallest absolute Gasteiger partial charge is 0.267 e. The third-order valence-corrected chi connectivity index (χ3v) is 5.31. The van der Waals surface area contributed by atoms with Gasteiger partial charge >= 0.3 is 0 Å². The summed E-state index contributed by atoms with van der Waals surface area (Å²) in [5.74, 6) is 0.0589. The summed E-state index contributed by atoms with van der Waals surface area (Å²) in [6, 6.07) is 5.82. The summed E-state index contributed by atoms with van der Waals surface area (Å²) in [5, 5.41) is 0. The van der Waals surface area contributed by atoms with Crippen LogP contribution in [0.15, 0.2) is 35.5 Å². The van der Waals surface area contributed by atoms with Gasteiger partial charge in [0.2, 0.25) is 5.95 Å². The highest BCUT2D eigenvalue weighted by Crippen LogP contribution is 2.32. The fourth-order valence-corrected chi connectivity index (χ4v) is 3.96. The molecular weight excluding hydrogens is 288 g/mol. The third kappa shape index (κ3) is 2.44. The van der Waals surface area contributed by atoms with E-state index in [0.717, 1.165) is 29.7 Å². The van der Waals surface area contributed by atoms with E-state index in [0.29, 0.717) is 6.54 Å². The summed E-state index contributed by atoms with van der Waals surface area (Å²) in [5.41, 5.74) is 8.34. The molecule has 1 aromatic carbocycles. The Bertz CT molecular complexity index is 772. The van der Waals surface area contributed by atoms with Crippen molar-refractivity contribution in [1.82, 2.24) is 9.97 Å². The van der Waals surface area contributed by atoms with E-state index in [4.69, 9.17) is 5.73 Å². The summed E-state index contributed by atoms with van der Waals surface area (Å²) in [7, 11) is -3.65. The predicted molar refractivity (Wildman–Crippen MR) is 80.5 cm³/mol. The number of anilines is 2. The molecule has 21 heavy (non-hydrogen) atoms. The van der Waals surface area contributed by atoms with Crippen molar-refractivity contribution in [2.75, 3.05) is 16.6 Å². The molecule has 0 saturated carbocycles. The molecular formula is C14H16N4O2S.